The number of likely N-dealkylation sites (tertiary alicyclic amines) is 1. The van der Waals surface area contributed by atoms with Crippen LogP contribution in [0.1, 0.15) is 70.3 Å². The Morgan fingerprint density at radius 1 is 1.08 bits per heavy atom. The van der Waals surface area contributed by atoms with Crippen LogP contribution in [-0.2, 0) is 6.54 Å². The number of aromatic amines is 1. The Labute approximate surface area is 229 Å². The predicted molar refractivity (Wildman–Crippen MR) is 152 cm³/mol. The van der Waals surface area contributed by atoms with Gasteiger partial charge in [-0.1, -0.05) is 44.2 Å². The Morgan fingerprint density at radius 2 is 1.82 bits per heavy atom. The van der Waals surface area contributed by atoms with Gasteiger partial charge in [-0.15, -0.1) is 0 Å². The first-order chi connectivity index (χ1) is 18.4. The number of fused-ring (bicyclic) bond motifs is 1. The van der Waals surface area contributed by atoms with Crippen molar-refractivity contribution in [2.24, 2.45) is 0 Å². The van der Waals surface area contributed by atoms with Crippen molar-refractivity contribution in [3.8, 4) is 11.8 Å². The van der Waals surface area contributed by atoms with Crippen LogP contribution < -0.4 is 20.9 Å². The Kier molecular flexibility index (Phi) is 10.3. The van der Waals surface area contributed by atoms with Gasteiger partial charge >= 0.3 is 11.7 Å². The van der Waals surface area contributed by atoms with Crippen LogP contribution in [0.3, 0.4) is 0 Å². The average molecular weight is 545 g/mol. The molecule has 0 bridgehead atoms. The molecule has 0 spiro atoms. The van der Waals surface area contributed by atoms with E-state index in [-0.39, 0.29) is 23.6 Å². The van der Waals surface area contributed by atoms with E-state index in [4.69, 9.17) is 26.8 Å². The molecule has 1 aliphatic rings. The van der Waals surface area contributed by atoms with Crippen molar-refractivity contribution in [2.45, 2.75) is 84.3 Å². The fourth-order valence-corrected chi connectivity index (χ4v) is 5.15. The number of H-pyrrole nitrogens is 1. The molecule has 0 saturated carbocycles. The molecule has 38 heavy (non-hydrogen) atoms. The molecule has 10 heteroatoms. The lowest BCUT2D eigenvalue weighted by molar-refractivity contribution is 0.0989. The number of imidazole rings is 1. The minimum Gasteiger partial charge on any atom is -0.490 e. The number of ether oxygens (including phenoxy) is 2. The minimum absolute atomic E-state index is 0.203. The number of rotatable bonds is 14. The molecule has 1 aliphatic heterocycles. The lowest BCUT2D eigenvalue weighted by Gasteiger charge is -2.32. The number of nitrogen functional groups attached to an aromatic ring is 1. The first-order valence-electron chi connectivity index (χ1n) is 14.0. The second kappa shape index (κ2) is 13.8. The highest BCUT2D eigenvalue weighted by atomic mass is 35.5. The third-order valence-electron chi connectivity index (χ3n) is 7.18. The van der Waals surface area contributed by atoms with Gasteiger partial charge in [0, 0.05) is 24.7 Å². The lowest BCUT2D eigenvalue weighted by Crippen LogP contribution is -2.38. The van der Waals surface area contributed by atoms with Crippen LogP contribution in [0, 0.1) is 6.92 Å². The molecule has 0 radical (unpaired) electrons. The van der Waals surface area contributed by atoms with Gasteiger partial charge in [0.1, 0.15) is 17.4 Å². The molecule has 0 atom stereocenters. The maximum absolute atomic E-state index is 12.5. The average Bonchev–Trinajstić information content (AvgIpc) is 3.22. The Balaban J connectivity index is 1.13. The fraction of sp³-hybridized carbons (Fsp3) is 0.607. The summed E-state index contributed by atoms with van der Waals surface area (Å²) in [5, 5.41) is 0.748. The first-order valence-corrected chi connectivity index (χ1v) is 14.4. The van der Waals surface area contributed by atoms with Gasteiger partial charge in [-0.2, -0.15) is 9.97 Å². The molecule has 208 valence electrons. The molecule has 1 aromatic carbocycles. The summed E-state index contributed by atoms with van der Waals surface area (Å²) in [5.41, 5.74) is 7.93. The largest absolute Gasteiger partial charge is 0.490 e. The maximum atomic E-state index is 12.5. The number of benzene rings is 1. The Bertz CT molecular complexity index is 1240. The highest BCUT2D eigenvalue weighted by Gasteiger charge is 2.21. The molecule has 3 N–H and O–H groups in total. The molecule has 0 aliphatic carbocycles. The predicted octanol–water partition coefficient (Wildman–Crippen LogP) is 5.34. The standard InChI is InChI=1S/C28H41ClN6O3/c1-3-4-18-37-27-32-25(30)24-26(33-27)35(28(36)31-24)15-9-7-5-6-8-14-34-16-12-22(13-17-34)38-23-11-10-21(29)19-20(23)2/h10-11,19,22H,3-9,12-18H2,1-2H3,(H,31,36)(H2,30,32,33). The minimum atomic E-state index is -0.203. The van der Waals surface area contributed by atoms with Crippen LogP contribution in [-0.4, -0.2) is 56.8 Å². The van der Waals surface area contributed by atoms with Crippen LogP contribution in [0.5, 0.6) is 11.8 Å². The second-order valence-corrected chi connectivity index (χ2v) is 10.6. The summed E-state index contributed by atoms with van der Waals surface area (Å²) in [4.78, 5) is 26.4. The quantitative estimate of drug-likeness (QED) is 0.263. The van der Waals surface area contributed by atoms with Gasteiger partial charge < -0.3 is 25.1 Å². The zero-order valence-corrected chi connectivity index (χ0v) is 23.4. The van der Waals surface area contributed by atoms with Gasteiger partial charge in [0.25, 0.3) is 0 Å². The second-order valence-electron chi connectivity index (χ2n) is 10.2. The number of nitrogens with one attached hydrogen (secondary N) is 1. The number of nitrogens with zero attached hydrogens (tertiary/aromatic N) is 4. The molecular weight excluding hydrogens is 504 g/mol. The molecule has 0 amide bonds. The van der Waals surface area contributed by atoms with Crippen LogP contribution in [0.2, 0.25) is 5.02 Å². The van der Waals surface area contributed by atoms with E-state index >= 15 is 0 Å². The molecular formula is C28H41ClN6O3. The van der Waals surface area contributed by atoms with E-state index in [1.165, 1.54) is 12.8 Å². The molecule has 2 aromatic heterocycles. The van der Waals surface area contributed by atoms with Gasteiger partial charge in [-0.05, 0) is 69.3 Å². The Morgan fingerprint density at radius 3 is 2.55 bits per heavy atom. The van der Waals surface area contributed by atoms with E-state index in [9.17, 15) is 4.79 Å². The molecule has 4 rings (SSSR count). The highest BCUT2D eigenvalue weighted by Crippen LogP contribution is 2.25. The Hall–Kier alpha value is -2.78. The van der Waals surface area contributed by atoms with Crippen molar-refractivity contribution in [3.05, 3.63) is 39.3 Å². The van der Waals surface area contributed by atoms with Crippen molar-refractivity contribution in [3.63, 3.8) is 0 Å². The van der Waals surface area contributed by atoms with Gasteiger partial charge in [0.2, 0.25) is 0 Å². The SMILES string of the molecule is CCCCOc1nc(N)c2[nH]c(=O)n(CCCCCCCN3CCC(Oc4ccc(Cl)cc4C)CC3)c2n1. The maximum Gasteiger partial charge on any atom is 0.327 e. The van der Waals surface area contributed by atoms with E-state index in [1.54, 1.807) is 4.57 Å². The topological polar surface area (TPSA) is 111 Å². The molecule has 0 unspecified atom stereocenters. The third kappa shape index (κ3) is 7.63. The van der Waals surface area contributed by atoms with Crippen LogP contribution >= 0.6 is 11.6 Å². The number of aryl methyl sites for hydroxylation is 2. The number of hydrogen-bond acceptors (Lipinski definition) is 7. The van der Waals surface area contributed by atoms with Crippen molar-refractivity contribution in [1.82, 2.24) is 24.4 Å². The van der Waals surface area contributed by atoms with Crippen molar-refractivity contribution < 1.29 is 9.47 Å². The number of aromatic nitrogens is 4. The van der Waals surface area contributed by atoms with E-state index in [0.29, 0.717) is 24.3 Å². The monoisotopic (exact) mass is 544 g/mol. The number of piperidine rings is 1. The number of nitrogens with two attached hydrogens (primary N) is 1. The molecule has 3 aromatic rings. The van der Waals surface area contributed by atoms with Crippen molar-refractivity contribution in [1.29, 1.82) is 0 Å². The van der Waals surface area contributed by atoms with Gasteiger partial charge in [0.05, 0.1) is 6.61 Å². The van der Waals surface area contributed by atoms with Crippen LogP contribution in [0.15, 0.2) is 23.0 Å². The summed E-state index contributed by atoms with van der Waals surface area (Å²) in [5.74, 6) is 1.19. The summed E-state index contributed by atoms with van der Waals surface area (Å²) in [6, 6.07) is 6.05. The summed E-state index contributed by atoms with van der Waals surface area (Å²) in [6.45, 7) is 8.56. The smallest absolute Gasteiger partial charge is 0.327 e. The number of hydrogen-bond donors (Lipinski definition) is 2. The van der Waals surface area contributed by atoms with E-state index < -0.39 is 0 Å². The van der Waals surface area contributed by atoms with E-state index in [0.717, 1.165) is 80.9 Å². The normalized spacial score (nSPS) is 14.8. The zero-order chi connectivity index (χ0) is 26.9. The van der Waals surface area contributed by atoms with Gasteiger partial charge in [-0.3, -0.25) is 4.57 Å². The molecule has 9 nitrogen and oxygen atoms in total. The highest BCUT2D eigenvalue weighted by molar-refractivity contribution is 6.30. The van der Waals surface area contributed by atoms with Crippen LogP contribution in [0.4, 0.5) is 5.82 Å². The fourth-order valence-electron chi connectivity index (χ4n) is 4.92. The summed E-state index contributed by atoms with van der Waals surface area (Å²) >= 11 is 6.06. The van der Waals surface area contributed by atoms with Crippen molar-refractivity contribution in [2.75, 3.05) is 32.0 Å². The first kappa shape index (κ1) is 28.2. The molecule has 3 heterocycles. The number of halogens is 1. The lowest BCUT2D eigenvalue weighted by atomic mass is 10.1. The third-order valence-corrected chi connectivity index (χ3v) is 7.42. The van der Waals surface area contributed by atoms with Crippen molar-refractivity contribution >= 4 is 28.6 Å². The van der Waals surface area contributed by atoms with E-state index in [1.807, 2.05) is 25.1 Å². The van der Waals surface area contributed by atoms with Gasteiger partial charge in [0.15, 0.2) is 11.5 Å². The number of unbranched alkanes of at least 4 members (excludes halogenated alkanes) is 5. The van der Waals surface area contributed by atoms with Gasteiger partial charge in [-0.25, -0.2) is 4.79 Å². The zero-order valence-electron chi connectivity index (χ0n) is 22.7. The van der Waals surface area contributed by atoms with E-state index in [2.05, 4.69) is 26.8 Å². The number of anilines is 1. The molecule has 1 saturated heterocycles. The van der Waals surface area contributed by atoms with Crippen LogP contribution in [0.25, 0.3) is 11.2 Å². The molecule has 1 fully saturated rings. The summed E-state index contributed by atoms with van der Waals surface area (Å²) in [6.07, 6.45) is 9.83. The summed E-state index contributed by atoms with van der Waals surface area (Å²) < 4.78 is 13.5. The summed E-state index contributed by atoms with van der Waals surface area (Å²) in [7, 11) is 0.